The molecule has 0 amide bonds. The topological polar surface area (TPSA) is 21.6 Å². The monoisotopic (exact) mass is 271 g/mol. The van der Waals surface area contributed by atoms with Gasteiger partial charge in [0, 0.05) is 10.6 Å². The highest BCUT2D eigenvalue weighted by molar-refractivity contribution is 6.30. The highest BCUT2D eigenvalue weighted by Gasteiger charge is 2.26. The smallest absolute Gasteiger partial charge is 0.217 e. The van der Waals surface area contributed by atoms with Crippen LogP contribution in [0.25, 0.3) is 0 Å². The van der Waals surface area contributed by atoms with Gasteiger partial charge in [-0.2, -0.15) is 0 Å². The molecule has 0 saturated heterocycles. The average Bonchev–Trinajstić information content (AvgIpc) is 2.79. The second-order valence-corrected chi connectivity index (χ2v) is 4.85. The predicted molar refractivity (Wildman–Crippen MR) is 77.9 cm³/mol. The minimum Gasteiger partial charge on any atom is -0.478 e. The minimum atomic E-state index is -0.0172. The molecule has 96 valence electrons. The van der Waals surface area contributed by atoms with Gasteiger partial charge in [-0.25, -0.2) is 4.99 Å². The first-order valence-corrected chi connectivity index (χ1v) is 6.72. The van der Waals surface area contributed by atoms with Crippen LogP contribution in [0.15, 0.2) is 53.5 Å². The number of halogens is 1. The first-order valence-electron chi connectivity index (χ1n) is 6.35. The molecule has 2 nitrogen and oxygen atoms in total. The van der Waals surface area contributed by atoms with E-state index in [1.54, 1.807) is 0 Å². The van der Waals surface area contributed by atoms with E-state index < -0.39 is 0 Å². The largest absolute Gasteiger partial charge is 0.478 e. The summed E-state index contributed by atoms with van der Waals surface area (Å²) in [7, 11) is 0. The lowest BCUT2D eigenvalue weighted by Crippen LogP contribution is -2.03. The van der Waals surface area contributed by atoms with Crippen LogP contribution in [0.3, 0.4) is 0 Å². The first-order chi connectivity index (χ1) is 9.29. The van der Waals surface area contributed by atoms with Gasteiger partial charge in [0.15, 0.2) is 0 Å². The standard InChI is InChI=1S/C16H14ClNO/c1-2-19-16-14-9-4-3-8-13(14)15(18-16)11-6-5-7-12(17)10-11/h3-10,15H,2H2,1H3. The molecule has 19 heavy (non-hydrogen) atoms. The normalized spacial score (nSPS) is 16.9. The minimum absolute atomic E-state index is 0.0172. The van der Waals surface area contributed by atoms with Crippen molar-refractivity contribution >= 4 is 17.5 Å². The molecule has 0 aromatic heterocycles. The van der Waals surface area contributed by atoms with Crippen LogP contribution in [0.2, 0.25) is 5.02 Å². The van der Waals surface area contributed by atoms with Crippen molar-refractivity contribution < 1.29 is 4.74 Å². The number of rotatable bonds is 2. The summed E-state index contributed by atoms with van der Waals surface area (Å²) in [6, 6.07) is 16.0. The summed E-state index contributed by atoms with van der Waals surface area (Å²) < 4.78 is 5.63. The fourth-order valence-electron chi connectivity index (χ4n) is 2.37. The van der Waals surface area contributed by atoms with E-state index in [4.69, 9.17) is 21.3 Å². The van der Waals surface area contributed by atoms with Crippen molar-refractivity contribution in [3.8, 4) is 0 Å². The zero-order valence-corrected chi connectivity index (χ0v) is 11.4. The van der Waals surface area contributed by atoms with E-state index in [-0.39, 0.29) is 6.04 Å². The van der Waals surface area contributed by atoms with Crippen LogP contribution in [0, 0.1) is 0 Å². The van der Waals surface area contributed by atoms with Crippen LogP contribution in [0.5, 0.6) is 0 Å². The molecule has 2 aromatic rings. The molecule has 1 aliphatic rings. The van der Waals surface area contributed by atoms with Crippen LogP contribution >= 0.6 is 11.6 Å². The lowest BCUT2D eigenvalue weighted by molar-refractivity contribution is 0.328. The Morgan fingerprint density at radius 1 is 1.16 bits per heavy atom. The highest BCUT2D eigenvalue weighted by atomic mass is 35.5. The second-order valence-electron chi connectivity index (χ2n) is 4.41. The van der Waals surface area contributed by atoms with Crippen LogP contribution < -0.4 is 0 Å². The quantitative estimate of drug-likeness (QED) is 0.801. The number of fused-ring (bicyclic) bond motifs is 1. The summed E-state index contributed by atoms with van der Waals surface area (Å²) in [6.07, 6.45) is 0. The van der Waals surface area contributed by atoms with Crippen molar-refractivity contribution in [1.29, 1.82) is 0 Å². The van der Waals surface area contributed by atoms with Crippen LogP contribution in [-0.2, 0) is 4.74 Å². The summed E-state index contributed by atoms with van der Waals surface area (Å²) in [6.45, 7) is 2.59. The van der Waals surface area contributed by atoms with Gasteiger partial charge in [-0.05, 0) is 36.2 Å². The Kier molecular flexibility index (Phi) is 3.26. The SMILES string of the molecule is CCOC1=NC(c2cccc(Cl)c2)c2ccccc21. The Labute approximate surface area is 117 Å². The third kappa shape index (κ3) is 2.24. The molecule has 1 atom stereocenters. The lowest BCUT2D eigenvalue weighted by atomic mass is 9.98. The molecule has 0 bridgehead atoms. The molecule has 0 saturated carbocycles. The molecule has 3 rings (SSSR count). The van der Waals surface area contributed by atoms with E-state index in [0.717, 1.165) is 22.0 Å². The van der Waals surface area contributed by atoms with E-state index in [9.17, 15) is 0 Å². The van der Waals surface area contributed by atoms with Crippen LogP contribution in [0.4, 0.5) is 0 Å². The summed E-state index contributed by atoms with van der Waals surface area (Å²) in [5.41, 5.74) is 3.34. The van der Waals surface area contributed by atoms with Gasteiger partial charge >= 0.3 is 0 Å². The maximum Gasteiger partial charge on any atom is 0.217 e. The van der Waals surface area contributed by atoms with E-state index >= 15 is 0 Å². The number of hydrogen-bond acceptors (Lipinski definition) is 2. The maximum absolute atomic E-state index is 6.07. The fraction of sp³-hybridized carbons (Fsp3) is 0.188. The lowest BCUT2D eigenvalue weighted by Gasteiger charge is -2.09. The maximum atomic E-state index is 6.07. The second kappa shape index (κ2) is 5.06. The molecule has 0 aliphatic carbocycles. The van der Waals surface area contributed by atoms with Crippen molar-refractivity contribution in [2.24, 2.45) is 4.99 Å². The third-order valence-corrected chi connectivity index (χ3v) is 3.41. The van der Waals surface area contributed by atoms with Gasteiger partial charge in [-0.3, -0.25) is 0 Å². The van der Waals surface area contributed by atoms with Gasteiger partial charge in [0.25, 0.3) is 0 Å². The Morgan fingerprint density at radius 3 is 2.79 bits per heavy atom. The Hall–Kier alpha value is -1.80. The molecule has 1 unspecified atom stereocenters. The van der Waals surface area contributed by atoms with Crippen molar-refractivity contribution in [3.63, 3.8) is 0 Å². The molecule has 0 fully saturated rings. The number of ether oxygens (including phenoxy) is 1. The molecular formula is C16H14ClNO. The molecule has 0 N–H and O–H groups in total. The van der Waals surface area contributed by atoms with Gasteiger partial charge in [0.05, 0.1) is 6.61 Å². The fourth-order valence-corrected chi connectivity index (χ4v) is 2.57. The number of nitrogens with zero attached hydrogens (tertiary/aromatic N) is 1. The summed E-state index contributed by atoms with van der Waals surface area (Å²) in [5.74, 6) is 0.725. The van der Waals surface area contributed by atoms with Crippen molar-refractivity contribution in [1.82, 2.24) is 0 Å². The number of aliphatic imine (C=N–C) groups is 1. The first kappa shape index (κ1) is 12.2. The molecule has 1 aliphatic heterocycles. The van der Waals surface area contributed by atoms with Crippen molar-refractivity contribution in [3.05, 3.63) is 70.2 Å². The van der Waals surface area contributed by atoms with Gasteiger partial charge < -0.3 is 4.74 Å². The van der Waals surface area contributed by atoms with Gasteiger partial charge in [-0.1, -0.05) is 41.9 Å². The zero-order valence-electron chi connectivity index (χ0n) is 10.6. The summed E-state index contributed by atoms with van der Waals surface area (Å²) >= 11 is 6.07. The average molecular weight is 272 g/mol. The zero-order chi connectivity index (χ0) is 13.2. The molecular weight excluding hydrogens is 258 g/mol. The Morgan fingerprint density at radius 2 is 2.00 bits per heavy atom. The van der Waals surface area contributed by atoms with Gasteiger partial charge in [0.2, 0.25) is 5.90 Å². The predicted octanol–water partition coefficient (Wildman–Crippen LogP) is 4.23. The highest BCUT2D eigenvalue weighted by Crippen LogP contribution is 2.35. The van der Waals surface area contributed by atoms with Crippen molar-refractivity contribution in [2.75, 3.05) is 6.61 Å². The van der Waals surface area contributed by atoms with E-state index in [0.29, 0.717) is 6.61 Å². The number of hydrogen-bond donors (Lipinski definition) is 0. The van der Waals surface area contributed by atoms with E-state index in [2.05, 4.69) is 6.07 Å². The molecule has 0 radical (unpaired) electrons. The Bertz CT molecular complexity index is 636. The van der Waals surface area contributed by atoms with Gasteiger partial charge in [0.1, 0.15) is 6.04 Å². The summed E-state index contributed by atoms with van der Waals surface area (Å²) in [4.78, 5) is 4.69. The molecule has 0 spiro atoms. The third-order valence-electron chi connectivity index (χ3n) is 3.18. The molecule has 1 heterocycles. The van der Waals surface area contributed by atoms with Crippen LogP contribution in [0.1, 0.15) is 29.7 Å². The Balaban J connectivity index is 2.08. The van der Waals surface area contributed by atoms with Gasteiger partial charge in [-0.15, -0.1) is 0 Å². The summed E-state index contributed by atoms with van der Waals surface area (Å²) in [5, 5.41) is 0.732. The number of benzene rings is 2. The van der Waals surface area contributed by atoms with Crippen molar-refractivity contribution in [2.45, 2.75) is 13.0 Å². The molecule has 2 aromatic carbocycles. The van der Waals surface area contributed by atoms with E-state index in [1.807, 2.05) is 49.4 Å². The van der Waals surface area contributed by atoms with E-state index in [1.165, 1.54) is 5.56 Å². The molecule has 3 heteroatoms. The van der Waals surface area contributed by atoms with Crippen LogP contribution in [-0.4, -0.2) is 12.5 Å².